The standard InChI is InChI=1S/C31H45NO8S/c1-3-4-5-7-20(2)21-10-12-23(13-11-21)32-22(14-17-28(32)36)8-6-9-24-15-16-27(41-24)31(39)40-19-26(35)30(38)29(37)25(34)18-33/h10-13,15-16,20,22,25-26,29-30,33-35,37-38H,3-9,14,17-19H2,1-2H3/t20-,22-,25-,26-,29-,30+/m0/s1. The van der Waals surface area contributed by atoms with Crippen LogP contribution in [0.2, 0.25) is 0 Å². The number of nitrogens with zero attached hydrogens (tertiary/aromatic N) is 1. The maximum Gasteiger partial charge on any atom is 0.348 e. The van der Waals surface area contributed by atoms with Crippen LogP contribution in [0.5, 0.6) is 0 Å². The van der Waals surface area contributed by atoms with Crippen LogP contribution in [0, 0.1) is 0 Å². The van der Waals surface area contributed by atoms with E-state index in [0.717, 1.165) is 36.2 Å². The van der Waals surface area contributed by atoms with Gasteiger partial charge in [-0.3, -0.25) is 4.79 Å². The highest BCUT2D eigenvalue weighted by Crippen LogP contribution is 2.32. The number of hydrogen-bond donors (Lipinski definition) is 5. The molecule has 6 atom stereocenters. The zero-order chi connectivity index (χ0) is 29.9. The van der Waals surface area contributed by atoms with E-state index in [0.29, 0.717) is 17.2 Å². The molecule has 0 aliphatic carbocycles. The Morgan fingerprint density at radius 1 is 1.02 bits per heavy atom. The second kappa shape index (κ2) is 16.3. The molecule has 1 aromatic carbocycles. The highest BCUT2D eigenvalue weighted by molar-refractivity contribution is 7.13. The number of carbonyl (C=O) groups is 2. The SMILES string of the molecule is CCCCC[C@H](C)c1ccc(N2C(=O)CC[C@@H]2CCCc2ccc(C(=O)OC[C@H](O)[C@@H](O)[C@@H](O)[C@@H](O)CO)s2)cc1. The van der Waals surface area contributed by atoms with Gasteiger partial charge in [0, 0.05) is 23.0 Å². The maximum absolute atomic E-state index is 12.7. The zero-order valence-corrected chi connectivity index (χ0v) is 24.8. The van der Waals surface area contributed by atoms with Crippen LogP contribution >= 0.6 is 11.3 Å². The molecule has 1 aliphatic heterocycles. The summed E-state index contributed by atoms with van der Waals surface area (Å²) in [6, 6.07) is 12.1. The second-order valence-electron chi connectivity index (χ2n) is 11.0. The van der Waals surface area contributed by atoms with E-state index < -0.39 is 43.6 Å². The largest absolute Gasteiger partial charge is 0.459 e. The van der Waals surface area contributed by atoms with E-state index in [2.05, 4.69) is 38.1 Å². The highest BCUT2D eigenvalue weighted by atomic mass is 32.1. The molecule has 3 rings (SSSR count). The summed E-state index contributed by atoms with van der Waals surface area (Å²) < 4.78 is 5.06. The van der Waals surface area contributed by atoms with Gasteiger partial charge in [0.1, 0.15) is 35.9 Å². The minimum atomic E-state index is -1.79. The predicted octanol–water partition coefficient (Wildman–Crippen LogP) is 3.54. The Labute approximate surface area is 246 Å². The highest BCUT2D eigenvalue weighted by Gasteiger charge is 2.32. The summed E-state index contributed by atoms with van der Waals surface area (Å²) in [6.07, 6.45) is 1.88. The molecule has 0 bridgehead atoms. The van der Waals surface area contributed by atoms with Crippen LogP contribution in [0.3, 0.4) is 0 Å². The van der Waals surface area contributed by atoms with Gasteiger partial charge in [-0.1, -0.05) is 45.2 Å². The average molecular weight is 592 g/mol. The fraction of sp³-hybridized carbons (Fsp3) is 0.613. The number of thiophene rings is 1. The van der Waals surface area contributed by atoms with E-state index in [1.807, 2.05) is 11.0 Å². The van der Waals surface area contributed by atoms with Crippen LogP contribution < -0.4 is 4.90 Å². The van der Waals surface area contributed by atoms with Gasteiger partial charge in [-0.2, -0.15) is 0 Å². The van der Waals surface area contributed by atoms with Crippen molar-refractivity contribution >= 4 is 28.9 Å². The molecule has 1 aliphatic rings. The van der Waals surface area contributed by atoms with E-state index in [4.69, 9.17) is 9.84 Å². The third-order valence-corrected chi connectivity index (χ3v) is 8.97. The summed E-state index contributed by atoms with van der Waals surface area (Å²) in [7, 11) is 0. The number of anilines is 1. The molecule has 2 aromatic rings. The van der Waals surface area contributed by atoms with Gasteiger partial charge in [0.25, 0.3) is 0 Å². The molecule has 1 fully saturated rings. The van der Waals surface area contributed by atoms with E-state index in [9.17, 15) is 30.0 Å². The van der Waals surface area contributed by atoms with Gasteiger partial charge in [-0.25, -0.2) is 4.79 Å². The number of unbranched alkanes of at least 4 members (excludes halogenated alkanes) is 2. The Hall–Kier alpha value is -2.34. The first-order valence-corrected chi connectivity index (χ1v) is 15.5. The van der Waals surface area contributed by atoms with Crippen molar-refractivity contribution in [2.75, 3.05) is 18.1 Å². The summed E-state index contributed by atoms with van der Waals surface area (Å²) in [4.78, 5) is 28.4. The van der Waals surface area contributed by atoms with E-state index in [-0.39, 0.29) is 11.9 Å². The summed E-state index contributed by atoms with van der Waals surface area (Å²) in [5.74, 6) is -0.00456. The first-order chi connectivity index (χ1) is 19.7. The van der Waals surface area contributed by atoms with E-state index in [1.165, 1.54) is 42.6 Å². The number of rotatable bonds is 17. The number of aryl methyl sites for hydroxylation is 1. The van der Waals surface area contributed by atoms with Crippen LogP contribution in [0.4, 0.5) is 5.69 Å². The molecule has 0 radical (unpaired) electrons. The van der Waals surface area contributed by atoms with E-state index >= 15 is 0 Å². The van der Waals surface area contributed by atoms with Crippen molar-refractivity contribution < 1.29 is 39.9 Å². The molecular formula is C31H45NO8S. The molecule has 1 saturated heterocycles. The average Bonchev–Trinajstić information content (AvgIpc) is 3.61. The normalized spacial score (nSPS) is 19.1. The first kappa shape index (κ1) is 33.2. The molecule has 10 heteroatoms. The Balaban J connectivity index is 1.47. The monoisotopic (exact) mass is 591 g/mol. The Bertz CT molecular complexity index is 1090. The van der Waals surface area contributed by atoms with Gasteiger partial charge in [-0.05, 0) is 67.9 Å². The van der Waals surface area contributed by atoms with Crippen molar-refractivity contribution in [3.63, 3.8) is 0 Å². The smallest absolute Gasteiger partial charge is 0.348 e. The quantitative estimate of drug-likeness (QED) is 0.139. The van der Waals surface area contributed by atoms with Gasteiger partial charge in [0.05, 0.1) is 6.61 Å². The topological polar surface area (TPSA) is 148 Å². The molecule has 1 aromatic heterocycles. The van der Waals surface area contributed by atoms with Crippen molar-refractivity contribution in [1.29, 1.82) is 0 Å². The lowest BCUT2D eigenvalue weighted by Gasteiger charge is -2.25. The number of ether oxygens (including phenoxy) is 1. The molecule has 5 N–H and O–H groups in total. The van der Waals surface area contributed by atoms with Crippen molar-refractivity contribution in [2.24, 2.45) is 0 Å². The van der Waals surface area contributed by atoms with Crippen molar-refractivity contribution in [2.45, 2.75) is 108 Å². The van der Waals surface area contributed by atoms with Crippen molar-refractivity contribution in [1.82, 2.24) is 0 Å². The molecule has 41 heavy (non-hydrogen) atoms. The van der Waals surface area contributed by atoms with Crippen LogP contribution in [0.25, 0.3) is 0 Å². The number of aliphatic hydroxyl groups excluding tert-OH is 5. The number of amides is 1. The molecule has 0 spiro atoms. The van der Waals surface area contributed by atoms with Crippen LogP contribution in [-0.2, 0) is 16.0 Å². The second-order valence-corrected chi connectivity index (χ2v) is 12.2. The van der Waals surface area contributed by atoms with Gasteiger partial charge in [-0.15, -0.1) is 11.3 Å². The fourth-order valence-electron chi connectivity index (χ4n) is 5.23. The number of benzene rings is 1. The molecule has 2 heterocycles. The van der Waals surface area contributed by atoms with Crippen LogP contribution in [0.15, 0.2) is 36.4 Å². The number of aliphatic hydroxyl groups is 5. The van der Waals surface area contributed by atoms with Crippen molar-refractivity contribution in [3.05, 3.63) is 51.7 Å². The van der Waals surface area contributed by atoms with Crippen LogP contribution in [-0.4, -0.2) is 81.1 Å². The lowest BCUT2D eigenvalue weighted by Crippen LogP contribution is -2.47. The number of hydrogen-bond acceptors (Lipinski definition) is 9. The summed E-state index contributed by atoms with van der Waals surface area (Å²) in [6.45, 7) is 3.11. The summed E-state index contributed by atoms with van der Waals surface area (Å²) in [5, 5.41) is 47.7. The number of carbonyl (C=O) groups excluding carboxylic acids is 2. The molecule has 228 valence electrons. The molecule has 1 amide bonds. The minimum absolute atomic E-state index is 0.146. The van der Waals surface area contributed by atoms with Gasteiger partial charge in [0.15, 0.2) is 0 Å². The third kappa shape index (κ3) is 9.33. The van der Waals surface area contributed by atoms with E-state index in [1.54, 1.807) is 6.07 Å². The van der Waals surface area contributed by atoms with Gasteiger partial charge >= 0.3 is 5.97 Å². The summed E-state index contributed by atoms with van der Waals surface area (Å²) >= 11 is 1.29. The fourth-order valence-corrected chi connectivity index (χ4v) is 6.17. The number of esters is 1. The Kier molecular flexibility index (Phi) is 13.2. The zero-order valence-electron chi connectivity index (χ0n) is 24.0. The first-order valence-electron chi connectivity index (χ1n) is 14.7. The third-order valence-electron chi connectivity index (χ3n) is 7.84. The maximum atomic E-state index is 12.7. The van der Waals surface area contributed by atoms with Gasteiger partial charge < -0.3 is 35.2 Å². The summed E-state index contributed by atoms with van der Waals surface area (Å²) in [5.41, 5.74) is 2.26. The van der Waals surface area contributed by atoms with Gasteiger partial charge in [0.2, 0.25) is 5.91 Å². The Morgan fingerprint density at radius 3 is 2.41 bits per heavy atom. The molecule has 0 saturated carbocycles. The molecule has 0 unspecified atom stereocenters. The predicted molar refractivity (Wildman–Crippen MR) is 158 cm³/mol. The lowest BCUT2D eigenvalue weighted by molar-refractivity contribution is -0.124. The molecule has 9 nitrogen and oxygen atoms in total. The molecular weight excluding hydrogens is 546 g/mol. The van der Waals surface area contributed by atoms with Crippen molar-refractivity contribution in [3.8, 4) is 0 Å². The minimum Gasteiger partial charge on any atom is -0.459 e. The Morgan fingerprint density at radius 2 is 1.73 bits per heavy atom. The van der Waals surface area contributed by atoms with Crippen LogP contribution in [0.1, 0.15) is 91.2 Å². The lowest BCUT2D eigenvalue weighted by atomic mass is 9.95.